The number of carbonyl (C=O) groups excluding carboxylic acids is 1. The summed E-state index contributed by atoms with van der Waals surface area (Å²) in [5, 5.41) is 41.8. The van der Waals surface area contributed by atoms with E-state index >= 15 is 0 Å². The number of hydrogen-bond acceptors (Lipinski definition) is 9. The zero-order valence-corrected chi connectivity index (χ0v) is 15.2. The number of rotatable bonds is 4. The molecule has 1 aliphatic rings. The van der Waals surface area contributed by atoms with Crippen LogP contribution in [0.2, 0.25) is 0 Å². The molecule has 1 aromatic carbocycles. The van der Waals surface area contributed by atoms with Crippen LogP contribution in [-0.4, -0.2) is 56.9 Å². The first-order valence-corrected chi connectivity index (χ1v) is 8.48. The maximum Gasteiger partial charge on any atom is 0.336 e. The van der Waals surface area contributed by atoms with Crippen molar-refractivity contribution in [2.75, 3.05) is 6.61 Å². The molecule has 0 aliphatic carbocycles. The van der Waals surface area contributed by atoms with Gasteiger partial charge in [0.2, 0.25) is 11.7 Å². The second kappa shape index (κ2) is 7.24. The zero-order chi connectivity index (χ0) is 20.7. The van der Waals surface area contributed by atoms with E-state index < -0.39 is 47.8 Å². The molecule has 1 amide bonds. The predicted octanol–water partition coefficient (Wildman–Crippen LogP) is -1.12. The Hall–Kier alpha value is -2.34. The molecule has 28 heavy (non-hydrogen) atoms. The van der Waals surface area contributed by atoms with Crippen LogP contribution < -0.4 is 11.1 Å². The molecule has 3 rings (SSSR count). The molecule has 5 atom stereocenters. The Labute approximate surface area is 158 Å². The van der Waals surface area contributed by atoms with Gasteiger partial charge < -0.3 is 29.6 Å². The highest BCUT2D eigenvalue weighted by atomic mass is 16.8. The summed E-state index contributed by atoms with van der Waals surface area (Å²) in [6.07, 6.45) is -5.08. The van der Waals surface area contributed by atoms with Gasteiger partial charge in [-0.1, -0.05) is 12.1 Å². The first-order valence-electron chi connectivity index (χ1n) is 8.48. The molecule has 1 saturated heterocycles. The molecule has 152 valence electrons. The summed E-state index contributed by atoms with van der Waals surface area (Å²) in [5.74, 6) is -2.83. The topological polar surface area (TPSA) is 159 Å². The maximum atomic E-state index is 11.5. The van der Waals surface area contributed by atoms with Crippen molar-refractivity contribution in [2.45, 2.75) is 43.5 Å². The van der Waals surface area contributed by atoms with E-state index in [0.717, 1.165) is 6.92 Å². The molecule has 0 spiro atoms. The van der Waals surface area contributed by atoms with Crippen molar-refractivity contribution in [2.24, 2.45) is 0 Å². The van der Waals surface area contributed by atoms with Crippen LogP contribution in [0.15, 0.2) is 39.5 Å². The molecule has 10 nitrogen and oxygen atoms in total. The number of hydrogen-bond donors (Lipinski definition) is 5. The number of ether oxygens (including phenoxy) is 1. The van der Waals surface area contributed by atoms with E-state index in [0.29, 0.717) is 5.39 Å². The van der Waals surface area contributed by atoms with Gasteiger partial charge in [0.25, 0.3) is 0 Å². The first-order chi connectivity index (χ1) is 13.1. The van der Waals surface area contributed by atoms with E-state index in [2.05, 4.69) is 0 Å². The molecular formula is C18H21NO9. The lowest BCUT2D eigenvalue weighted by Gasteiger charge is -2.51. The molecule has 0 radical (unpaired) electrons. The van der Waals surface area contributed by atoms with Crippen molar-refractivity contribution in [3.8, 4) is 0 Å². The lowest BCUT2D eigenvalue weighted by Crippen LogP contribution is -2.70. The van der Waals surface area contributed by atoms with Gasteiger partial charge in [-0.25, -0.2) is 15.1 Å². The molecule has 10 heteroatoms. The first kappa shape index (κ1) is 20.4. The fraction of sp³-hybridized carbons (Fsp3) is 0.444. The van der Waals surface area contributed by atoms with Crippen LogP contribution in [0.3, 0.4) is 0 Å². The third-order valence-electron chi connectivity index (χ3n) is 4.79. The molecule has 0 bridgehead atoms. The lowest BCUT2D eigenvalue weighted by molar-refractivity contribution is -0.402. The third kappa shape index (κ3) is 3.30. The van der Waals surface area contributed by atoms with Crippen LogP contribution in [0, 0.1) is 0 Å². The van der Waals surface area contributed by atoms with Gasteiger partial charge in [0.1, 0.15) is 29.5 Å². The van der Waals surface area contributed by atoms with E-state index in [1.54, 1.807) is 6.07 Å². The van der Waals surface area contributed by atoms with Crippen LogP contribution in [0.1, 0.15) is 19.4 Å². The Bertz CT molecular complexity index is 936. The van der Waals surface area contributed by atoms with Crippen molar-refractivity contribution in [3.05, 3.63) is 46.3 Å². The van der Waals surface area contributed by atoms with Crippen LogP contribution in [0.25, 0.3) is 11.0 Å². The van der Waals surface area contributed by atoms with Crippen LogP contribution in [0.4, 0.5) is 0 Å². The summed E-state index contributed by atoms with van der Waals surface area (Å²) in [4.78, 5) is 28.2. The summed E-state index contributed by atoms with van der Waals surface area (Å²) in [5.41, 5.74) is -0.365. The van der Waals surface area contributed by atoms with Gasteiger partial charge >= 0.3 is 5.63 Å². The van der Waals surface area contributed by atoms with Crippen molar-refractivity contribution >= 4 is 16.9 Å². The number of aliphatic hydroxyl groups excluding tert-OH is 3. The van der Waals surface area contributed by atoms with Crippen LogP contribution in [0.5, 0.6) is 0 Å². The maximum absolute atomic E-state index is 11.5. The molecule has 1 aliphatic heterocycles. The van der Waals surface area contributed by atoms with Gasteiger partial charge in [-0.2, -0.15) is 0 Å². The van der Waals surface area contributed by atoms with E-state index in [-0.39, 0.29) is 11.1 Å². The molecule has 1 aromatic heterocycles. The highest BCUT2D eigenvalue weighted by Crippen LogP contribution is 2.43. The number of aliphatic hydroxyl groups is 4. The molecule has 5 N–H and O–H groups in total. The number of hydroxylamine groups is 1. The minimum absolute atomic E-state index is 0.0728. The van der Waals surface area contributed by atoms with Crippen molar-refractivity contribution in [1.29, 1.82) is 0 Å². The smallest absolute Gasteiger partial charge is 0.336 e. The molecule has 0 unspecified atom stereocenters. The number of amides is 1. The number of carbonyl (C=O) groups is 1. The predicted molar refractivity (Wildman–Crippen MR) is 93.7 cm³/mol. The van der Waals surface area contributed by atoms with E-state index in [4.69, 9.17) is 14.0 Å². The second-order valence-electron chi connectivity index (χ2n) is 6.84. The van der Waals surface area contributed by atoms with Crippen LogP contribution in [-0.2, 0) is 20.2 Å². The summed E-state index contributed by atoms with van der Waals surface area (Å²) >= 11 is 0. The summed E-state index contributed by atoms with van der Waals surface area (Å²) in [6, 6.07) is 7.12. The Morgan fingerprint density at radius 2 is 1.93 bits per heavy atom. The molecule has 0 saturated carbocycles. The summed E-state index contributed by atoms with van der Waals surface area (Å²) < 4.78 is 10.8. The monoisotopic (exact) mass is 395 g/mol. The Balaban J connectivity index is 2.17. The van der Waals surface area contributed by atoms with Crippen molar-refractivity contribution in [1.82, 2.24) is 5.48 Å². The highest BCUT2D eigenvalue weighted by Gasteiger charge is 2.61. The SMILES string of the molecule is CC(=O)NO[C@]1(c2ccc3ccc(=O)oc3c2)O[C@H](CO)[C@@](C)(O)[C@H](O)[C@H]1O. The lowest BCUT2D eigenvalue weighted by atomic mass is 9.80. The van der Waals surface area contributed by atoms with Gasteiger partial charge in [-0.3, -0.25) is 4.79 Å². The normalized spacial score (nSPS) is 33.0. The Morgan fingerprint density at radius 3 is 2.57 bits per heavy atom. The molecule has 2 aromatic rings. The van der Waals surface area contributed by atoms with Gasteiger partial charge in [0, 0.05) is 23.9 Å². The fourth-order valence-corrected chi connectivity index (χ4v) is 3.15. The zero-order valence-electron chi connectivity index (χ0n) is 15.2. The van der Waals surface area contributed by atoms with E-state index in [1.807, 2.05) is 5.48 Å². The van der Waals surface area contributed by atoms with E-state index in [9.17, 15) is 30.0 Å². The Kier molecular flexibility index (Phi) is 5.28. The minimum atomic E-state index is -2.21. The van der Waals surface area contributed by atoms with Gasteiger partial charge in [0.15, 0.2) is 0 Å². The van der Waals surface area contributed by atoms with Crippen LogP contribution >= 0.6 is 0 Å². The molecule has 2 heterocycles. The third-order valence-corrected chi connectivity index (χ3v) is 4.79. The average Bonchev–Trinajstić information content (AvgIpc) is 2.65. The number of nitrogens with one attached hydrogen (secondary N) is 1. The standard InChI is InChI=1S/C18H21NO9/c1-9(21)19-28-18(16(24)15(23)17(2,25)13(8-20)27-18)11-5-3-10-4-6-14(22)26-12(10)7-11/h3-7,13,15-16,20,23-25H,8H2,1-2H3,(H,19,21)/t13-,15-,16-,17-,18+/m1/s1. The fourth-order valence-electron chi connectivity index (χ4n) is 3.15. The summed E-state index contributed by atoms with van der Waals surface area (Å²) in [6.45, 7) is 1.62. The second-order valence-corrected chi connectivity index (χ2v) is 6.84. The average molecular weight is 395 g/mol. The van der Waals surface area contributed by atoms with Gasteiger partial charge in [0.05, 0.1) is 6.61 Å². The van der Waals surface area contributed by atoms with E-state index in [1.165, 1.54) is 31.2 Å². The summed E-state index contributed by atoms with van der Waals surface area (Å²) in [7, 11) is 0. The molecule has 1 fully saturated rings. The quantitative estimate of drug-likeness (QED) is 0.319. The van der Waals surface area contributed by atoms with Crippen molar-refractivity contribution < 1.29 is 39.2 Å². The number of fused-ring (bicyclic) bond motifs is 1. The molecular weight excluding hydrogens is 374 g/mol. The number of benzene rings is 1. The van der Waals surface area contributed by atoms with Gasteiger partial charge in [-0.15, -0.1) is 0 Å². The van der Waals surface area contributed by atoms with Gasteiger partial charge in [-0.05, 0) is 19.1 Å². The minimum Gasteiger partial charge on any atom is -0.423 e. The Morgan fingerprint density at radius 1 is 1.25 bits per heavy atom. The largest absolute Gasteiger partial charge is 0.423 e. The highest BCUT2D eigenvalue weighted by molar-refractivity contribution is 5.77. The van der Waals surface area contributed by atoms with Crippen molar-refractivity contribution in [3.63, 3.8) is 0 Å².